The Labute approximate surface area is 174 Å². The number of benzene rings is 2. The molecular formula is C21H20F3N5O2. The highest BCUT2D eigenvalue weighted by Crippen LogP contribution is 2.21. The van der Waals surface area contributed by atoms with E-state index in [0.717, 1.165) is 0 Å². The Kier molecular flexibility index (Phi) is 6.68. The molecule has 0 spiro atoms. The van der Waals surface area contributed by atoms with Crippen molar-refractivity contribution in [3.8, 4) is 5.69 Å². The zero-order valence-electron chi connectivity index (χ0n) is 16.8. The van der Waals surface area contributed by atoms with E-state index in [1.54, 1.807) is 6.07 Å². The number of hydrogen-bond donors (Lipinski definition) is 2. The molecule has 0 aliphatic carbocycles. The van der Waals surface area contributed by atoms with Crippen LogP contribution in [-0.2, 0) is 0 Å². The molecule has 31 heavy (non-hydrogen) atoms. The monoisotopic (exact) mass is 431 g/mol. The lowest BCUT2D eigenvalue weighted by atomic mass is 10.2. The fourth-order valence-corrected chi connectivity index (χ4v) is 2.84. The molecule has 0 radical (unpaired) electrons. The molecule has 0 unspecified atom stereocenters. The van der Waals surface area contributed by atoms with Crippen LogP contribution < -0.4 is 10.9 Å². The number of carbonyl (C=O) groups is 1. The number of halogens is 3. The number of nitrogens with one attached hydrogen (secondary N) is 2. The summed E-state index contributed by atoms with van der Waals surface area (Å²) < 4.78 is 39.4. The van der Waals surface area contributed by atoms with Gasteiger partial charge in [-0.1, -0.05) is 32.4 Å². The molecule has 0 aliphatic heterocycles. The molecule has 4 aromatic rings. The van der Waals surface area contributed by atoms with Gasteiger partial charge in [-0.2, -0.15) is 0 Å². The molecule has 2 N–H and O–H groups in total. The summed E-state index contributed by atoms with van der Waals surface area (Å²) in [6.45, 7) is 3.50. The first kappa shape index (κ1) is 22.0. The minimum absolute atomic E-state index is 0.0365. The summed E-state index contributed by atoms with van der Waals surface area (Å²) in [7, 11) is 0. The van der Waals surface area contributed by atoms with Gasteiger partial charge in [0, 0.05) is 10.9 Å². The molecule has 162 valence electrons. The van der Waals surface area contributed by atoms with Gasteiger partial charge in [0.15, 0.2) is 11.3 Å². The first-order valence-electron chi connectivity index (χ1n) is 9.59. The van der Waals surface area contributed by atoms with Gasteiger partial charge in [-0.25, -0.2) is 17.9 Å². The summed E-state index contributed by atoms with van der Waals surface area (Å²) in [6.07, 6.45) is -1.39. The quantitative estimate of drug-likeness (QED) is 0.514. The van der Waals surface area contributed by atoms with Gasteiger partial charge in [0.1, 0.15) is 5.52 Å². The van der Waals surface area contributed by atoms with Gasteiger partial charge in [-0.15, -0.1) is 10.2 Å². The Bertz CT molecular complexity index is 1270. The second kappa shape index (κ2) is 9.41. The summed E-state index contributed by atoms with van der Waals surface area (Å²) in [4.78, 5) is 24.4. The van der Waals surface area contributed by atoms with Crippen LogP contribution in [0.5, 0.6) is 0 Å². The number of carbonyl (C=O) groups excluding carboxylic acids is 1. The topological polar surface area (TPSA) is 92.7 Å². The molecule has 0 atom stereocenters. The van der Waals surface area contributed by atoms with Crippen molar-refractivity contribution >= 4 is 27.8 Å². The highest BCUT2D eigenvalue weighted by molar-refractivity contribution is 6.01. The van der Waals surface area contributed by atoms with E-state index in [9.17, 15) is 22.8 Å². The first-order chi connectivity index (χ1) is 14.9. The Balaban J connectivity index is 0.000000858. The lowest BCUT2D eigenvalue weighted by molar-refractivity contribution is 0.0891. The van der Waals surface area contributed by atoms with E-state index in [2.05, 4.69) is 34.5 Å². The number of alkyl halides is 2. The number of amides is 1. The van der Waals surface area contributed by atoms with Gasteiger partial charge >= 0.3 is 0 Å². The van der Waals surface area contributed by atoms with Crippen LogP contribution in [0, 0.1) is 5.82 Å². The van der Waals surface area contributed by atoms with Gasteiger partial charge in [0.05, 0.1) is 17.7 Å². The highest BCUT2D eigenvalue weighted by atomic mass is 19.3. The minimum atomic E-state index is -2.64. The fraction of sp³-hybridized carbons (Fsp3) is 0.238. The van der Waals surface area contributed by atoms with E-state index in [-0.39, 0.29) is 16.6 Å². The van der Waals surface area contributed by atoms with E-state index < -0.39 is 30.3 Å². The third kappa shape index (κ3) is 4.57. The zero-order chi connectivity index (χ0) is 22.5. The lowest BCUT2D eigenvalue weighted by Crippen LogP contribution is -2.28. The predicted octanol–water partition coefficient (Wildman–Crippen LogP) is 3.81. The second-order valence-corrected chi connectivity index (χ2v) is 6.67. The Morgan fingerprint density at radius 1 is 1.10 bits per heavy atom. The molecule has 2 aromatic heterocycles. The lowest BCUT2D eigenvalue weighted by Gasteiger charge is -2.06. The van der Waals surface area contributed by atoms with Crippen LogP contribution in [0.4, 0.5) is 13.2 Å². The van der Waals surface area contributed by atoms with Crippen LogP contribution in [0.25, 0.3) is 27.6 Å². The molecule has 0 bridgehead atoms. The number of H-pyrrole nitrogens is 1. The van der Waals surface area contributed by atoms with Crippen molar-refractivity contribution in [2.75, 3.05) is 6.54 Å². The van der Waals surface area contributed by atoms with E-state index in [1.807, 2.05) is 0 Å². The molecule has 1 amide bonds. The minimum Gasteiger partial charge on any atom is -0.346 e. The largest absolute Gasteiger partial charge is 0.346 e. The molecule has 2 heterocycles. The summed E-state index contributed by atoms with van der Waals surface area (Å²) in [5.41, 5.74) is 0.460. The summed E-state index contributed by atoms with van der Waals surface area (Å²) in [6, 6.07) is 10.1. The Morgan fingerprint density at radius 2 is 1.74 bits per heavy atom. The summed E-state index contributed by atoms with van der Waals surface area (Å²) in [5, 5.41) is 13.0. The molecule has 0 aliphatic rings. The van der Waals surface area contributed by atoms with Crippen molar-refractivity contribution in [2.45, 2.75) is 26.7 Å². The molecule has 7 nitrogen and oxygen atoms in total. The zero-order valence-corrected chi connectivity index (χ0v) is 16.8. The summed E-state index contributed by atoms with van der Waals surface area (Å²) in [5.74, 6) is -1.21. The molecule has 2 aromatic carbocycles. The molecule has 0 saturated heterocycles. The molecule has 10 heteroatoms. The van der Waals surface area contributed by atoms with Gasteiger partial charge in [-0.3, -0.25) is 14.7 Å². The summed E-state index contributed by atoms with van der Waals surface area (Å²) >= 11 is 0. The average molecular weight is 431 g/mol. The van der Waals surface area contributed by atoms with Gasteiger partial charge in [-0.05, 0) is 30.3 Å². The first-order valence-corrected chi connectivity index (χ1v) is 9.59. The normalized spacial score (nSPS) is 10.9. The highest BCUT2D eigenvalue weighted by Gasteiger charge is 2.16. The van der Waals surface area contributed by atoms with Crippen LogP contribution in [0.1, 0.15) is 30.6 Å². The fourth-order valence-electron chi connectivity index (χ4n) is 2.84. The van der Waals surface area contributed by atoms with Gasteiger partial charge < -0.3 is 5.32 Å². The number of nitrogens with zero attached hydrogens (tertiary/aromatic N) is 3. The number of aromatic nitrogens is 4. The van der Waals surface area contributed by atoms with Crippen LogP contribution in [0.3, 0.4) is 0 Å². The third-order valence-corrected chi connectivity index (χ3v) is 4.18. The van der Waals surface area contributed by atoms with E-state index in [4.69, 9.17) is 0 Å². The molecule has 0 fully saturated rings. The van der Waals surface area contributed by atoms with E-state index >= 15 is 0 Å². The van der Waals surface area contributed by atoms with Crippen LogP contribution in [-0.4, -0.2) is 38.9 Å². The number of aromatic amines is 1. The van der Waals surface area contributed by atoms with Gasteiger partial charge in [0.25, 0.3) is 17.9 Å². The Hall–Kier alpha value is -3.69. The van der Waals surface area contributed by atoms with Crippen LogP contribution in [0.2, 0.25) is 0 Å². The van der Waals surface area contributed by atoms with Crippen molar-refractivity contribution in [1.29, 1.82) is 0 Å². The van der Waals surface area contributed by atoms with Crippen molar-refractivity contribution < 1.29 is 18.0 Å². The van der Waals surface area contributed by atoms with Crippen molar-refractivity contribution in [3.63, 3.8) is 0 Å². The number of hydrogen-bond acceptors (Lipinski definition) is 4. The SMILES string of the molecule is CCC.O=C(NCC(F)F)c1ccc(-n2[nH]c3c(nnc4c(F)cccc43)c2=O)cc1. The Morgan fingerprint density at radius 3 is 2.39 bits per heavy atom. The molecule has 4 rings (SSSR count). The standard InChI is InChI=1S/C18H12F3N5O2.C3H8/c19-12-3-1-2-11-14(12)23-24-16-15(11)25-26(18(16)28)10-6-4-9(5-7-10)17(27)22-8-13(20)21;1-3-2/h1-7,13,25H,8H2,(H,22,27);3H2,1-2H3. The average Bonchev–Trinajstić information content (AvgIpc) is 3.10. The maximum Gasteiger partial charge on any atom is 0.299 e. The van der Waals surface area contributed by atoms with Crippen molar-refractivity contribution in [1.82, 2.24) is 25.3 Å². The molecular weight excluding hydrogens is 411 g/mol. The number of rotatable bonds is 4. The van der Waals surface area contributed by atoms with Crippen LogP contribution >= 0.6 is 0 Å². The number of fused-ring (bicyclic) bond motifs is 3. The van der Waals surface area contributed by atoms with E-state index in [0.29, 0.717) is 16.6 Å². The maximum absolute atomic E-state index is 13.9. The van der Waals surface area contributed by atoms with Crippen LogP contribution in [0.15, 0.2) is 47.3 Å². The van der Waals surface area contributed by atoms with Crippen molar-refractivity contribution in [2.24, 2.45) is 0 Å². The maximum atomic E-state index is 13.9. The smallest absolute Gasteiger partial charge is 0.299 e. The predicted molar refractivity (Wildman–Crippen MR) is 111 cm³/mol. The second-order valence-electron chi connectivity index (χ2n) is 6.67. The van der Waals surface area contributed by atoms with E-state index in [1.165, 1.54) is 47.5 Å². The van der Waals surface area contributed by atoms with Crippen molar-refractivity contribution in [3.05, 3.63) is 64.2 Å². The molecule has 0 saturated carbocycles. The van der Waals surface area contributed by atoms with Gasteiger partial charge in [0.2, 0.25) is 0 Å². The third-order valence-electron chi connectivity index (χ3n) is 4.18.